The Kier molecular flexibility index (Phi) is 2.99. The van der Waals surface area contributed by atoms with Crippen LogP contribution in [0.25, 0.3) is 0 Å². The maximum Gasteiger partial charge on any atom is 0.207 e. The summed E-state index contributed by atoms with van der Waals surface area (Å²) >= 11 is 0. The fourth-order valence-corrected chi connectivity index (χ4v) is 3.06. The van der Waals surface area contributed by atoms with Crippen LogP contribution in [0.1, 0.15) is 0 Å². The smallest absolute Gasteiger partial charge is 0.207 e. The Bertz CT molecular complexity index is 643. The molecule has 0 saturated heterocycles. The molecule has 100 valence electrons. The molecular weight excluding hydrogens is 268 g/mol. The molecule has 0 spiro atoms. The maximum atomic E-state index is 12.3. The number of nitrogens with two attached hydrogens (primary N) is 2. The lowest BCUT2D eigenvalue weighted by atomic mass is 10.3. The average molecular weight is 280 g/mol. The summed E-state index contributed by atoms with van der Waals surface area (Å²) in [5.41, 5.74) is 11.2. The molecule has 0 fully saturated rings. The van der Waals surface area contributed by atoms with Crippen LogP contribution in [0.3, 0.4) is 0 Å². The Labute approximate surface area is 109 Å². The first-order chi connectivity index (χ1) is 8.79. The van der Waals surface area contributed by atoms with Crippen molar-refractivity contribution in [2.45, 2.75) is 9.79 Å². The molecule has 0 unspecified atom stereocenters. The highest BCUT2D eigenvalue weighted by Crippen LogP contribution is 2.29. The summed E-state index contributed by atoms with van der Waals surface area (Å²) in [6.07, 6.45) is 0. The topological polar surface area (TPSA) is 127 Å². The lowest BCUT2D eigenvalue weighted by Crippen LogP contribution is -2.03. The largest absolute Gasteiger partial charge is 0.508 e. The van der Waals surface area contributed by atoms with E-state index >= 15 is 0 Å². The molecule has 0 aliphatic heterocycles. The van der Waals surface area contributed by atoms with Gasteiger partial charge in [0.2, 0.25) is 9.84 Å². The highest BCUT2D eigenvalue weighted by molar-refractivity contribution is 7.91. The number of rotatable bonds is 2. The third kappa shape index (κ3) is 2.55. The van der Waals surface area contributed by atoms with E-state index in [1.165, 1.54) is 24.3 Å². The molecule has 0 heterocycles. The fourth-order valence-electron chi connectivity index (χ4n) is 1.66. The Morgan fingerprint density at radius 2 is 1.11 bits per heavy atom. The van der Waals surface area contributed by atoms with E-state index in [2.05, 4.69) is 0 Å². The summed E-state index contributed by atoms with van der Waals surface area (Å²) in [6, 6.07) is 7.05. The van der Waals surface area contributed by atoms with Crippen LogP contribution in [-0.4, -0.2) is 18.6 Å². The molecule has 6 N–H and O–H groups in total. The SMILES string of the molecule is Nc1cc(O)cc(S(=O)(=O)c2cc(N)cc(O)c2)c1. The van der Waals surface area contributed by atoms with Crippen LogP contribution >= 0.6 is 0 Å². The van der Waals surface area contributed by atoms with Crippen LogP contribution in [0.15, 0.2) is 46.2 Å². The Hall–Kier alpha value is -2.41. The van der Waals surface area contributed by atoms with E-state index < -0.39 is 9.84 Å². The Morgan fingerprint density at radius 1 is 0.737 bits per heavy atom. The molecule has 0 aliphatic rings. The molecule has 2 aromatic carbocycles. The predicted molar refractivity (Wildman–Crippen MR) is 70.5 cm³/mol. The van der Waals surface area contributed by atoms with Crippen LogP contribution < -0.4 is 11.5 Å². The molecule has 7 heteroatoms. The van der Waals surface area contributed by atoms with Crippen molar-refractivity contribution in [3.63, 3.8) is 0 Å². The predicted octanol–water partition coefficient (Wildman–Crippen LogP) is 1.09. The second-order valence-electron chi connectivity index (χ2n) is 4.02. The lowest BCUT2D eigenvalue weighted by Gasteiger charge is -2.08. The Balaban J connectivity index is 2.65. The number of anilines is 2. The molecule has 19 heavy (non-hydrogen) atoms. The van der Waals surface area contributed by atoms with Crippen molar-refractivity contribution < 1.29 is 18.6 Å². The van der Waals surface area contributed by atoms with Gasteiger partial charge < -0.3 is 21.7 Å². The van der Waals surface area contributed by atoms with Gasteiger partial charge in [0, 0.05) is 23.5 Å². The minimum atomic E-state index is -3.91. The second-order valence-corrected chi connectivity index (χ2v) is 5.97. The highest BCUT2D eigenvalue weighted by Gasteiger charge is 2.20. The second kappa shape index (κ2) is 4.36. The van der Waals surface area contributed by atoms with Gasteiger partial charge in [-0.3, -0.25) is 0 Å². The van der Waals surface area contributed by atoms with Crippen LogP contribution in [0, 0.1) is 0 Å². The first-order valence-corrected chi connectivity index (χ1v) is 6.71. The molecule has 0 amide bonds. The fraction of sp³-hybridized carbons (Fsp3) is 0. The van der Waals surface area contributed by atoms with Crippen LogP contribution in [-0.2, 0) is 9.84 Å². The summed E-state index contributed by atoms with van der Waals surface area (Å²) in [5, 5.41) is 18.8. The van der Waals surface area contributed by atoms with Gasteiger partial charge in [-0.2, -0.15) is 0 Å². The number of benzene rings is 2. The van der Waals surface area contributed by atoms with Gasteiger partial charge in [-0.15, -0.1) is 0 Å². The number of aromatic hydroxyl groups is 2. The van der Waals surface area contributed by atoms with Crippen molar-refractivity contribution in [2.24, 2.45) is 0 Å². The van der Waals surface area contributed by atoms with E-state index in [1.54, 1.807) is 0 Å². The summed E-state index contributed by atoms with van der Waals surface area (Å²) < 4.78 is 24.6. The average Bonchev–Trinajstić information content (AvgIpc) is 2.26. The van der Waals surface area contributed by atoms with E-state index in [9.17, 15) is 18.6 Å². The zero-order valence-corrected chi connectivity index (χ0v) is 10.6. The van der Waals surface area contributed by atoms with Gasteiger partial charge in [0.05, 0.1) is 9.79 Å². The summed E-state index contributed by atoms with van der Waals surface area (Å²) in [5.74, 6) is -0.515. The van der Waals surface area contributed by atoms with Crippen LogP contribution in [0.2, 0.25) is 0 Å². The highest BCUT2D eigenvalue weighted by atomic mass is 32.2. The number of hydrogen-bond donors (Lipinski definition) is 4. The third-order valence-electron chi connectivity index (χ3n) is 2.45. The van der Waals surface area contributed by atoms with Crippen molar-refractivity contribution in [3.8, 4) is 11.5 Å². The molecule has 2 aromatic rings. The standard InChI is InChI=1S/C12H12N2O4S/c13-7-1-9(15)5-11(3-7)19(17,18)12-4-8(14)2-10(16)6-12/h1-6,15-16H,13-14H2. The van der Waals surface area contributed by atoms with Gasteiger partial charge >= 0.3 is 0 Å². The van der Waals surface area contributed by atoms with Crippen molar-refractivity contribution in [2.75, 3.05) is 11.5 Å². The molecule has 0 atom stereocenters. The monoisotopic (exact) mass is 280 g/mol. The molecule has 0 aromatic heterocycles. The molecule has 2 rings (SSSR count). The quantitative estimate of drug-likeness (QED) is 0.610. The van der Waals surface area contributed by atoms with Crippen LogP contribution in [0.5, 0.6) is 11.5 Å². The van der Waals surface area contributed by atoms with E-state index in [1.807, 2.05) is 0 Å². The zero-order valence-electron chi connectivity index (χ0n) is 9.74. The number of phenolic OH excluding ortho intramolecular Hbond substituents is 2. The normalized spacial score (nSPS) is 11.4. The Morgan fingerprint density at radius 3 is 1.42 bits per heavy atom. The van der Waals surface area contributed by atoms with E-state index in [-0.39, 0.29) is 32.7 Å². The van der Waals surface area contributed by atoms with Gasteiger partial charge in [-0.1, -0.05) is 0 Å². The number of sulfone groups is 1. The van der Waals surface area contributed by atoms with Gasteiger partial charge in [0.15, 0.2) is 0 Å². The van der Waals surface area contributed by atoms with Gasteiger partial charge in [-0.25, -0.2) is 8.42 Å². The van der Waals surface area contributed by atoms with Gasteiger partial charge in [0.1, 0.15) is 11.5 Å². The first-order valence-electron chi connectivity index (χ1n) is 5.23. The number of nitrogen functional groups attached to an aromatic ring is 2. The van der Waals surface area contributed by atoms with Gasteiger partial charge in [0.25, 0.3) is 0 Å². The van der Waals surface area contributed by atoms with Crippen molar-refractivity contribution in [1.29, 1.82) is 0 Å². The number of phenols is 2. The third-order valence-corrected chi connectivity index (χ3v) is 4.16. The van der Waals surface area contributed by atoms with Crippen molar-refractivity contribution in [1.82, 2.24) is 0 Å². The maximum absolute atomic E-state index is 12.3. The molecule has 6 nitrogen and oxygen atoms in total. The zero-order chi connectivity index (χ0) is 14.2. The van der Waals surface area contributed by atoms with E-state index in [0.29, 0.717) is 0 Å². The van der Waals surface area contributed by atoms with Gasteiger partial charge in [-0.05, 0) is 24.3 Å². The lowest BCUT2D eigenvalue weighted by molar-refractivity contribution is 0.473. The summed E-state index contributed by atoms with van der Waals surface area (Å²) in [7, 11) is -3.91. The molecule has 0 bridgehead atoms. The summed E-state index contributed by atoms with van der Waals surface area (Å²) in [4.78, 5) is -0.343. The van der Waals surface area contributed by atoms with E-state index in [4.69, 9.17) is 11.5 Å². The van der Waals surface area contributed by atoms with Crippen molar-refractivity contribution >= 4 is 21.2 Å². The first kappa shape index (κ1) is 13.0. The van der Waals surface area contributed by atoms with E-state index in [0.717, 1.165) is 12.1 Å². The number of hydrogen-bond acceptors (Lipinski definition) is 6. The molecule has 0 radical (unpaired) electrons. The molecular formula is C12H12N2O4S. The minimum Gasteiger partial charge on any atom is -0.508 e. The van der Waals surface area contributed by atoms with Crippen molar-refractivity contribution in [3.05, 3.63) is 36.4 Å². The van der Waals surface area contributed by atoms with Crippen LogP contribution in [0.4, 0.5) is 11.4 Å². The molecule has 0 aliphatic carbocycles. The minimum absolute atomic E-state index is 0.117. The molecule has 0 saturated carbocycles. The summed E-state index contributed by atoms with van der Waals surface area (Å²) in [6.45, 7) is 0.